The van der Waals surface area contributed by atoms with Gasteiger partial charge in [-0.2, -0.15) is 13.2 Å². The highest BCUT2D eigenvalue weighted by Gasteiger charge is 2.33. The summed E-state index contributed by atoms with van der Waals surface area (Å²) >= 11 is 23.6. The molecule has 0 spiro atoms. The van der Waals surface area contributed by atoms with E-state index < -0.39 is 17.7 Å². The van der Waals surface area contributed by atoms with Crippen molar-refractivity contribution in [3.8, 4) is 11.5 Å². The zero-order chi connectivity index (χ0) is 31.9. The number of rotatable bonds is 10. The van der Waals surface area contributed by atoms with Gasteiger partial charge in [0.15, 0.2) is 0 Å². The molecule has 1 heterocycles. The summed E-state index contributed by atoms with van der Waals surface area (Å²) in [6, 6.07) is 14.7. The normalized spacial score (nSPS) is 15.0. The highest BCUT2D eigenvalue weighted by atomic mass is 35.5. The SMILES string of the molecule is FC(F)(F)c1cccc(C[N-]C2CC2)c1Cl.O=C(O)C1=C(c2ccc(OCCOc3cc(Cl)c(Cl)cc3Cl)cc2)CCNC1. The van der Waals surface area contributed by atoms with E-state index in [-0.39, 0.29) is 18.2 Å². The molecule has 44 heavy (non-hydrogen) atoms. The molecule has 6 nitrogen and oxygen atoms in total. The fraction of sp³-hybridized carbons (Fsp3) is 0.323. The van der Waals surface area contributed by atoms with Crippen molar-refractivity contribution in [2.45, 2.75) is 38.0 Å². The minimum atomic E-state index is -4.40. The van der Waals surface area contributed by atoms with Crippen LogP contribution in [0.25, 0.3) is 10.9 Å². The first-order valence-electron chi connectivity index (χ1n) is 13.6. The summed E-state index contributed by atoms with van der Waals surface area (Å²) in [5.74, 6) is 0.216. The van der Waals surface area contributed by atoms with Crippen LogP contribution in [0.5, 0.6) is 11.5 Å². The van der Waals surface area contributed by atoms with Crippen LogP contribution in [0.4, 0.5) is 13.2 Å². The van der Waals surface area contributed by atoms with E-state index in [4.69, 9.17) is 55.9 Å². The number of hydrogen-bond donors (Lipinski definition) is 2. The number of carbonyl (C=O) groups is 1. The monoisotopic (exact) mass is 689 g/mol. The number of nitrogens with one attached hydrogen (secondary N) is 1. The fourth-order valence-electron chi connectivity index (χ4n) is 4.29. The molecule has 1 aliphatic heterocycles. The first-order valence-corrected chi connectivity index (χ1v) is 15.1. The Bertz CT molecular complexity index is 1500. The maximum absolute atomic E-state index is 12.5. The number of hydrogen-bond acceptors (Lipinski definition) is 4. The lowest BCUT2D eigenvalue weighted by atomic mass is 9.94. The Morgan fingerprint density at radius 2 is 1.64 bits per heavy atom. The highest BCUT2D eigenvalue weighted by Crippen LogP contribution is 2.38. The second-order valence-corrected chi connectivity index (χ2v) is 11.6. The van der Waals surface area contributed by atoms with Crippen LogP contribution in [0.2, 0.25) is 20.1 Å². The van der Waals surface area contributed by atoms with Crippen molar-refractivity contribution in [2.75, 3.05) is 26.3 Å². The number of benzene rings is 3. The predicted molar refractivity (Wildman–Crippen MR) is 167 cm³/mol. The van der Waals surface area contributed by atoms with E-state index in [1.54, 1.807) is 12.1 Å². The fourth-order valence-corrected chi connectivity index (χ4v) is 5.18. The molecular weight excluding hydrogens is 663 g/mol. The van der Waals surface area contributed by atoms with E-state index in [0.29, 0.717) is 63.3 Å². The van der Waals surface area contributed by atoms with Gasteiger partial charge in [-0.05, 0) is 53.9 Å². The van der Waals surface area contributed by atoms with Crippen LogP contribution in [-0.4, -0.2) is 43.4 Å². The summed E-state index contributed by atoms with van der Waals surface area (Å²) < 4.78 is 48.8. The quantitative estimate of drug-likeness (QED) is 0.164. The molecular formula is C31H28Cl4F3N2O4-. The van der Waals surface area contributed by atoms with E-state index in [1.165, 1.54) is 12.1 Å². The van der Waals surface area contributed by atoms with Crippen LogP contribution >= 0.6 is 46.4 Å². The van der Waals surface area contributed by atoms with Crippen molar-refractivity contribution >= 4 is 57.9 Å². The molecule has 0 atom stereocenters. The van der Waals surface area contributed by atoms with Gasteiger partial charge in [-0.15, -0.1) is 12.6 Å². The summed E-state index contributed by atoms with van der Waals surface area (Å²) in [5, 5.41) is 17.6. The number of alkyl halides is 3. The van der Waals surface area contributed by atoms with Gasteiger partial charge in [0, 0.05) is 12.6 Å². The van der Waals surface area contributed by atoms with Gasteiger partial charge in [0.05, 0.1) is 31.2 Å². The number of carboxylic acids is 1. The summed E-state index contributed by atoms with van der Waals surface area (Å²) in [7, 11) is 0. The van der Waals surface area contributed by atoms with Crippen LogP contribution in [0.3, 0.4) is 0 Å². The minimum absolute atomic E-state index is 0.223. The van der Waals surface area contributed by atoms with Gasteiger partial charge >= 0.3 is 12.1 Å². The van der Waals surface area contributed by atoms with Gasteiger partial charge in [0.25, 0.3) is 0 Å². The molecule has 1 saturated carbocycles. The third kappa shape index (κ3) is 9.67. The molecule has 0 radical (unpaired) electrons. The Hall–Kier alpha value is -2.66. The molecule has 0 saturated heterocycles. The van der Waals surface area contributed by atoms with Crippen LogP contribution < -0.4 is 14.8 Å². The van der Waals surface area contributed by atoms with Gasteiger partial charge in [-0.3, -0.25) is 0 Å². The predicted octanol–water partition coefficient (Wildman–Crippen LogP) is 9.33. The van der Waals surface area contributed by atoms with Crippen LogP contribution in [-0.2, 0) is 17.5 Å². The summed E-state index contributed by atoms with van der Waals surface area (Å²) in [6.07, 6.45) is -1.64. The van der Waals surface area contributed by atoms with Crippen molar-refractivity contribution in [3.05, 3.63) is 102 Å². The largest absolute Gasteiger partial charge is 0.656 e. The molecule has 1 aliphatic carbocycles. The first kappa shape index (κ1) is 34.2. The Morgan fingerprint density at radius 3 is 2.30 bits per heavy atom. The number of nitrogens with zero attached hydrogens (tertiary/aromatic N) is 1. The molecule has 2 N–H and O–H groups in total. The van der Waals surface area contributed by atoms with Crippen LogP contribution in [0, 0.1) is 0 Å². The molecule has 1 fully saturated rings. The Labute approximate surface area is 273 Å². The number of aliphatic carboxylic acids is 1. The smallest absolute Gasteiger partial charge is 0.417 e. The zero-order valence-electron chi connectivity index (χ0n) is 23.2. The third-order valence-electron chi connectivity index (χ3n) is 6.71. The lowest BCUT2D eigenvalue weighted by Crippen LogP contribution is -2.28. The molecule has 13 heteroatoms. The molecule has 2 aliphatic rings. The van der Waals surface area contributed by atoms with Gasteiger partial charge in [-0.25, -0.2) is 4.79 Å². The van der Waals surface area contributed by atoms with E-state index >= 15 is 0 Å². The Morgan fingerprint density at radius 1 is 0.955 bits per heavy atom. The number of ether oxygens (including phenoxy) is 2. The molecule has 0 amide bonds. The first-order chi connectivity index (χ1) is 20.9. The van der Waals surface area contributed by atoms with Gasteiger partial charge in [-0.1, -0.05) is 83.5 Å². The average Bonchev–Trinajstić information content (AvgIpc) is 3.82. The summed E-state index contributed by atoms with van der Waals surface area (Å²) in [6.45, 7) is 1.99. The van der Waals surface area contributed by atoms with Crippen LogP contribution in [0.1, 0.15) is 36.0 Å². The number of carboxylic acid groups (broad SMARTS) is 1. The molecule has 5 rings (SSSR count). The van der Waals surface area contributed by atoms with E-state index in [0.717, 1.165) is 36.6 Å². The highest BCUT2D eigenvalue weighted by molar-refractivity contribution is 6.43. The lowest BCUT2D eigenvalue weighted by molar-refractivity contribution is -0.137. The molecule has 3 aromatic carbocycles. The lowest BCUT2D eigenvalue weighted by Gasteiger charge is -2.20. The average molecular weight is 691 g/mol. The molecule has 0 bridgehead atoms. The second-order valence-electron chi connectivity index (χ2n) is 9.96. The minimum Gasteiger partial charge on any atom is -0.656 e. The molecule has 0 aromatic heterocycles. The maximum Gasteiger partial charge on any atom is 0.417 e. The van der Waals surface area contributed by atoms with Crippen molar-refractivity contribution in [2.24, 2.45) is 0 Å². The van der Waals surface area contributed by atoms with Gasteiger partial charge in [0.1, 0.15) is 24.7 Å². The zero-order valence-corrected chi connectivity index (χ0v) is 26.2. The van der Waals surface area contributed by atoms with E-state index in [1.807, 2.05) is 24.3 Å². The summed E-state index contributed by atoms with van der Waals surface area (Å²) in [4.78, 5) is 11.4. The second kappa shape index (κ2) is 15.6. The molecule has 0 unspecified atom stereocenters. The van der Waals surface area contributed by atoms with Crippen molar-refractivity contribution in [1.29, 1.82) is 0 Å². The topological polar surface area (TPSA) is 81.9 Å². The molecule has 236 valence electrons. The maximum atomic E-state index is 12.5. The standard InChI is InChI=1S/C20H18Cl3NO4.C11H10ClF3N/c21-16-9-18(23)19(10-17(16)22)28-8-7-27-13-3-1-12(2-4-13)14-5-6-24-11-15(14)20(25)26;12-10-7(6-16-8-4-5-8)2-1-3-9(10)11(13,14)15/h1-4,9-10,24H,5-8,11H2,(H,25,26);1-3,8H,4-6H2/q;-1. The van der Waals surface area contributed by atoms with Crippen molar-refractivity contribution < 1.29 is 32.5 Å². The number of halogens is 7. The van der Waals surface area contributed by atoms with Crippen molar-refractivity contribution in [1.82, 2.24) is 5.32 Å². The Kier molecular flexibility index (Phi) is 12.1. The van der Waals surface area contributed by atoms with Crippen LogP contribution in [0.15, 0.2) is 60.2 Å². The third-order valence-corrected chi connectivity index (χ3v) is 8.18. The Balaban J connectivity index is 0.000000233. The van der Waals surface area contributed by atoms with Gasteiger partial charge in [0.2, 0.25) is 0 Å². The van der Waals surface area contributed by atoms with Gasteiger partial charge < -0.3 is 25.2 Å². The summed E-state index contributed by atoms with van der Waals surface area (Å²) in [5.41, 5.74) is 1.83. The van der Waals surface area contributed by atoms with Crippen molar-refractivity contribution in [3.63, 3.8) is 0 Å². The van der Waals surface area contributed by atoms with E-state index in [2.05, 4.69) is 10.6 Å². The molecule has 3 aromatic rings. The van der Waals surface area contributed by atoms with E-state index in [9.17, 15) is 23.1 Å².